The van der Waals surface area contributed by atoms with E-state index in [0.717, 1.165) is 22.5 Å². The molecular weight excluding hydrogens is 256 g/mol. The highest BCUT2D eigenvalue weighted by Crippen LogP contribution is 2.34. The molecule has 1 N–H and O–H groups in total. The van der Waals surface area contributed by atoms with Gasteiger partial charge in [-0.15, -0.1) is 0 Å². The lowest BCUT2D eigenvalue weighted by atomic mass is 9.80. The maximum atomic E-state index is 6.14. The zero-order chi connectivity index (χ0) is 14.0. The molecule has 0 saturated heterocycles. The molecule has 3 heteroatoms. The molecule has 1 aliphatic carbocycles. The zero-order valence-corrected chi connectivity index (χ0v) is 13.2. The molecule has 1 fully saturated rings. The number of hydrogen-bond acceptors (Lipinski definition) is 2. The maximum Gasteiger partial charge on any atom is 0.0597 e. The Balaban J connectivity index is 2.15. The molecule has 0 radical (unpaired) electrons. The Bertz CT molecular complexity index is 421. The molecule has 0 aromatic heterocycles. The molecule has 2 unspecified atom stereocenters. The highest BCUT2D eigenvalue weighted by molar-refractivity contribution is 6.31. The van der Waals surface area contributed by atoms with Crippen molar-refractivity contribution in [2.45, 2.75) is 39.2 Å². The SMILES string of the molecule is CC1CC(C)CC(Nc2cc(Cl)ccc2N(C)C)C1. The Kier molecular flexibility index (Phi) is 4.62. The monoisotopic (exact) mass is 280 g/mol. The van der Waals surface area contributed by atoms with E-state index in [1.807, 2.05) is 12.1 Å². The average Bonchev–Trinajstić information content (AvgIpc) is 2.26. The van der Waals surface area contributed by atoms with E-state index in [4.69, 9.17) is 11.6 Å². The van der Waals surface area contributed by atoms with Crippen molar-refractivity contribution < 1.29 is 0 Å². The number of rotatable bonds is 3. The lowest BCUT2D eigenvalue weighted by molar-refractivity contribution is 0.281. The van der Waals surface area contributed by atoms with Crippen LogP contribution in [-0.4, -0.2) is 20.1 Å². The van der Waals surface area contributed by atoms with Crippen LogP contribution in [0.5, 0.6) is 0 Å². The second kappa shape index (κ2) is 6.04. The minimum absolute atomic E-state index is 0.566. The number of benzene rings is 1. The summed E-state index contributed by atoms with van der Waals surface area (Å²) < 4.78 is 0. The highest BCUT2D eigenvalue weighted by atomic mass is 35.5. The smallest absolute Gasteiger partial charge is 0.0597 e. The van der Waals surface area contributed by atoms with Gasteiger partial charge in [0.15, 0.2) is 0 Å². The summed E-state index contributed by atoms with van der Waals surface area (Å²) in [6.45, 7) is 4.71. The van der Waals surface area contributed by atoms with Gasteiger partial charge < -0.3 is 10.2 Å². The largest absolute Gasteiger partial charge is 0.381 e. The molecule has 1 saturated carbocycles. The Morgan fingerprint density at radius 1 is 1.11 bits per heavy atom. The number of halogens is 1. The van der Waals surface area contributed by atoms with Crippen LogP contribution in [0.2, 0.25) is 5.02 Å². The third-order valence-corrected chi connectivity index (χ3v) is 4.21. The van der Waals surface area contributed by atoms with Gasteiger partial charge in [-0.05, 0) is 49.3 Å². The molecular formula is C16H25ClN2. The summed E-state index contributed by atoms with van der Waals surface area (Å²) in [5.74, 6) is 1.62. The van der Waals surface area contributed by atoms with Gasteiger partial charge in [-0.25, -0.2) is 0 Å². The molecule has 1 aliphatic rings. The van der Waals surface area contributed by atoms with Crippen molar-refractivity contribution in [2.75, 3.05) is 24.3 Å². The minimum atomic E-state index is 0.566. The molecule has 0 amide bonds. The summed E-state index contributed by atoms with van der Waals surface area (Å²) in [4.78, 5) is 2.13. The minimum Gasteiger partial charge on any atom is -0.381 e. The third-order valence-electron chi connectivity index (χ3n) is 3.98. The van der Waals surface area contributed by atoms with Crippen molar-refractivity contribution in [3.63, 3.8) is 0 Å². The number of nitrogens with zero attached hydrogens (tertiary/aromatic N) is 1. The van der Waals surface area contributed by atoms with E-state index >= 15 is 0 Å². The fraction of sp³-hybridized carbons (Fsp3) is 0.625. The number of nitrogens with one attached hydrogen (secondary N) is 1. The highest BCUT2D eigenvalue weighted by Gasteiger charge is 2.24. The second-order valence-corrected chi connectivity index (χ2v) is 6.75. The average molecular weight is 281 g/mol. The van der Waals surface area contributed by atoms with Crippen LogP contribution < -0.4 is 10.2 Å². The van der Waals surface area contributed by atoms with Crippen molar-refractivity contribution in [2.24, 2.45) is 11.8 Å². The van der Waals surface area contributed by atoms with Gasteiger partial charge in [0, 0.05) is 25.2 Å². The van der Waals surface area contributed by atoms with Crippen LogP contribution in [0.15, 0.2) is 18.2 Å². The Morgan fingerprint density at radius 3 is 2.32 bits per heavy atom. The first-order chi connectivity index (χ1) is 8.95. The molecule has 2 nitrogen and oxygen atoms in total. The van der Waals surface area contributed by atoms with Gasteiger partial charge in [0.05, 0.1) is 11.4 Å². The van der Waals surface area contributed by atoms with Crippen LogP contribution in [0.1, 0.15) is 33.1 Å². The topological polar surface area (TPSA) is 15.3 Å². The van der Waals surface area contributed by atoms with Crippen LogP contribution >= 0.6 is 11.6 Å². The fourth-order valence-electron chi connectivity index (χ4n) is 3.30. The van der Waals surface area contributed by atoms with Crippen LogP contribution in [0, 0.1) is 11.8 Å². The normalized spacial score (nSPS) is 27.1. The fourth-order valence-corrected chi connectivity index (χ4v) is 3.47. The van der Waals surface area contributed by atoms with Crippen molar-refractivity contribution in [3.05, 3.63) is 23.2 Å². The molecule has 1 aromatic carbocycles. The van der Waals surface area contributed by atoms with Crippen molar-refractivity contribution in [3.8, 4) is 0 Å². The van der Waals surface area contributed by atoms with Gasteiger partial charge >= 0.3 is 0 Å². The summed E-state index contributed by atoms with van der Waals surface area (Å²) >= 11 is 6.14. The second-order valence-electron chi connectivity index (χ2n) is 6.31. The molecule has 0 bridgehead atoms. The van der Waals surface area contributed by atoms with E-state index in [1.54, 1.807) is 0 Å². The van der Waals surface area contributed by atoms with Gasteiger partial charge in [-0.3, -0.25) is 0 Å². The molecule has 106 valence electrons. The van der Waals surface area contributed by atoms with Gasteiger partial charge in [-0.1, -0.05) is 25.4 Å². The predicted molar refractivity (Wildman–Crippen MR) is 85.4 cm³/mol. The van der Waals surface area contributed by atoms with Gasteiger partial charge in [-0.2, -0.15) is 0 Å². The van der Waals surface area contributed by atoms with Crippen LogP contribution in [0.4, 0.5) is 11.4 Å². The molecule has 2 rings (SSSR count). The van der Waals surface area contributed by atoms with Crippen LogP contribution in [-0.2, 0) is 0 Å². The maximum absolute atomic E-state index is 6.14. The summed E-state index contributed by atoms with van der Waals surface area (Å²) in [5.41, 5.74) is 2.36. The van der Waals surface area contributed by atoms with E-state index < -0.39 is 0 Å². The summed E-state index contributed by atoms with van der Waals surface area (Å²) in [6, 6.07) is 6.64. The van der Waals surface area contributed by atoms with Crippen LogP contribution in [0.25, 0.3) is 0 Å². The zero-order valence-electron chi connectivity index (χ0n) is 12.4. The number of anilines is 2. The molecule has 0 aliphatic heterocycles. The third kappa shape index (κ3) is 3.79. The van der Waals surface area contributed by atoms with Gasteiger partial charge in [0.2, 0.25) is 0 Å². The summed E-state index contributed by atoms with van der Waals surface area (Å²) in [7, 11) is 4.14. The molecule has 1 aromatic rings. The first-order valence-electron chi connectivity index (χ1n) is 7.19. The van der Waals surface area contributed by atoms with Gasteiger partial charge in [0.1, 0.15) is 0 Å². The predicted octanol–water partition coefficient (Wildman–Crippen LogP) is 4.64. The van der Waals surface area contributed by atoms with E-state index in [-0.39, 0.29) is 0 Å². The first-order valence-corrected chi connectivity index (χ1v) is 7.57. The Hall–Kier alpha value is -0.890. The molecule has 0 spiro atoms. The summed E-state index contributed by atoms with van der Waals surface area (Å²) in [6.07, 6.45) is 3.86. The molecule has 0 heterocycles. The Labute approximate surface area is 122 Å². The quantitative estimate of drug-likeness (QED) is 0.867. The van der Waals surface area contributed by atoms with Crippen LogP contribution in [0.3, 0.4) is 0 Å². The molecule has 19 heavy (non-hydrogen) atoms. The van der Waals surface area contributed by atoms with Crippen molar-refractivity contribution >= 4 is 23.0 Å². The lowest BCUT2D eigenvalue weighted by Gasteiger charge is -2.33. The van der Waals surface area contributed by atoms with Crippen molar-refractivity contribution in [1.82, 2.24) is 0 Å². The molecule has 2 atom stereocenters. The first kappa shape index (κ1) is 14.5. The Morgan fingerprint density at radius 2 is 1.74 bits per heavy atom. The van der Waals surface area contributed by atoms with Gasteiger partial charge in [0.25, 0.3) is 0 Å². The number of hydrogen-bond donors (Lipinski definition) is 1. The van der Waals surface area contributed by atoms with E-state index in [1.165, 1.54) is 24.9 Å². The van der Waals surface area contributed by atoms with E-state index in [9.17, 15) is 0 Å². The van der Waals surface area contributed by atoms with Crippen molar-refractivity contribution in [1.29, 1.82) is 0 Å². The summed E-state index contributed by atoms with van der Waals surface area (Å²) in [5, 5.41) is 4.50. The van der Waals surface area contributed by atoms with E-state index in [0.29, 0.717) is 6.04 Å². The standard InChI is InChI=1S/C16H25ClN2/c1-11-7-12(2)9-14(8-11)18-15-10-13(17)5-6-16(15)19(3)4/h5-6,10-12,14,18H,7-9H2,1-4H3. The lowest BCUT2D eigenvalue weighted by Crippen LogP contribution is -2.30. The van der Waals surface area contributed by atoms with E-state index in [2.05, 4.69) is 44.2 Å².